The van der Waals surface area contributed by atoms with Gasteiger partial charge in [-0.2, -0.15) is 0 Å². The number of nitrogens with one attached hydrogen (secondary N) is 2. The lowest BCUT2D eigenvalue weighted by Crippen LogP contribution is -2.34. The number of carbonyl (C=O) groups is 3. The fourth-order valence-electron chi connectivity index (χ4n) is 4.35. The average Bonchev–Trinajstić information content (AvgIpc) is 3.51. The minimum atomic E-state index is -0.801. The number of fused-ring (bicyclic) bond motifs is 3. The van der Waals surface area contributed by atoms with E-state index in [1.807, 2.05) is 24.3 Å². The van der Waals surface area contributed by atoms with Crippen LogP contribution in [0.5, 0.6) is 0 Å². The van der Waals surface area contributed by atoms with Crippen molar-refractivity contribution >= 4 is 18.0 Å². The second-order valence-electron chi connectivity index (χ2n) is 8.63. The van der Waals surface area contributed by atoms with Crippen molar-refractivity contribution < 1.29 is 24.2 Å². The summed E-state index contributed by atoms with van der Waals surface area (Å²) >= 11 is 0. The molecule has 2 aromatic carbocycles. The Morgan fingerprint density at radius 2 is 1.66 bits per heavy atom. The molecule has 1 saturated carbocycles. The zero-order chi connectivity index (χ0) is 22.7. The van der Waals surface area contributed by atoms with E-state index >= 15 is 0 Å². The van der Waals surface area contributed by atoms with Gasteiger partial charge in [-0.15, -0.1) is 0 Å². The first-order valence-corrected chi connectivity index (χ1v) is 11.0. The summed E-state index contributed by atoms with van der Waals surface area (Å²) in [6.45, 7) is 2.75. The van der Waals surface area contributed by atoms with Crippen LogP contribution in [0.1, 0.15) is 36.8 Å². The molecule has 0 heterocycles. The van der Waals surface area contributed by atoms with Crippen molar-refractivity contribution in [2.75, 3.05) is 19.7 Å². The summed E-state index contributed by atoms with van der Waals surface area (Å²) in [6.07, 6.45) is 0.595. The second-order valence-corrected chi connectivity index (χ2v) is 8.63. The average molecular weight is 437 g/mol. The topological polar surface area (TPSA) is 105 Å². The molecule has 7 nitrogen and oxygen atoms in total. The summed E-state index contributed by atoms with van der Waals surface area (Å²) in [7, 11) is 0. The van der Waals surface area contributed by atoms with Crippen molar-refractivity contribution in [2.45, 2.75) is 25.7 Å². The van der Waals surface area contributed by atoms with Gasteiger partial charge >= 0.3 is 12.1 Å². The maximum Gasteiger partial charge on any atom is 0.407 e. The van der Waals surface area contributed by atoms with Crippen molar-refractivity contribution in [3.05, 3.63) is 59.7 Å². The molecule has 2 aliphatic rings. The largest absolute Gasteiger partial charge is 0.481 e. The fraction of sp³-hybridized carbons (Fsp3) is 0.400. The Balaban J connectivity index is 1.19. The third-order valence-electron chi connectivity index (χ3n) is 6.42. The summed E-state index contributed by atoms with van der Waals surface area (Å²) in [4.78, 5) is 35.2. The van der Waals surface area contributed by atoms with E-state index in [4.69, 9.17) is 9.84 Å². The molecule has 32 heavy (non-hydrogen) atoms. The SMILES string of the molecule is CC(CCNC(=O)OCC1c2ccccc2-c2ccccc21)C(=O)NC[C@@H]1C[C@@H]1C(=O)O. The second kappa shape index (κ2) is 9.42. The van der Waals surface area contributed by atoms with E-state index in [-0.39, 0.29) is 36.2 Å². The summed E-state index contributed by atoms with van der Waals surface area (Å²) in [6, 6.07) is 16.3. The third-order valence-corrected chi connectivity index (χ3v) is 6.42. The van der Waals surface area contributed by atoms with Gasteiger partial charge in [0.25, 0.3) is 0 Å². The number of ether oxygens (including phenoxy) is 1. The van der Waals surface area contributed by atoms with Gasteiger partial charge in [0.2, 0.25) is 5.91 Å². The summed E-state index contributed by atoms with van der Waals surface area (Å²) in [5.41, 5.74) is 4.68. The van der Waals surface area contributed by atoms with Gasteiger partial charge in [-0.05, 0) is 41.0 Å². The number of hydrogen-bond donors (Lipinski definition) is 3. The van der Waals surface area contributed by atoms with Crippen LogP contribution in [0.2, 0.25) is 0 Å². The number of aliphatic carboxylic acids is 1. The molecule has 2 aliphatic carbocycles. The lowest BCUT2D eigenvalue weighted by molar-refractivity contribution is -0.139. The Hall–Kier alpha value is -3.35. The number of rotatable bonds is 9. The molecule has 0 saturated heterocycles. The summed E-state index contributed by atoms with van der Waals surface area (Å²) < 4.78 is 5.50. The number of carboxylic acid groups (broad SMARTS) is 1. The molecule has 3 N–H and O–H groups in total. The van der Waals surface area contributed by atoms with Gasteiger partial charge in [-0.25, -0.2) is 4.79 Å². The van der Waals surface area contributed by atoms with Gasteiger partial charge in [0.05, 0.1) is 5.92 Å². The van der Waals surface area contributed by atoms with E-state index < -0.39 is 12.1 Å². The Morgan fingerprint density at radius 3 is 2.25 bits per heavy atom. The Morgan fingerprint density at radius 1 is 1.03 bits per heavy atom. The number of amides is 2. The van der Waals surface area contributed by atoms with Crippen molar-refractivity contribution in [2.24, 2.45) is 17.8 Å². The molecular formula is C25H28N2O5. The Bertz CT molecular complexity index is 975. The van der Waals surface area contributed by atoms with Crippen LogP contribution in [-0.2, 0) is 14.3 Å². The molecule has 0 bridgehead atoms. The van der Waals surface area contributed by atoms with Crippen LogP contribution in [0.3, 0.4) is 0 Å². The molecule has 7 heteroatoms. The number of alkyl carbamates (subject to hydrolysis) is 1. The Kier molecular flexibility index (Phi) is 6.44. The normalized spacial score (nSPS) is 19.4. The molecule has 4 rings (SSSR count). The molecule has 3 atom stereocenters. The predicted octanol–water partition coefficient (Wildman–Crippen LogP) is 3.39. The molecule has 0 aliphatic heterocycles. The number of hydrogen-bond acceptors (Lipinski definition) is 4. The first kappa shape index (κ1) is 21.9. The van der Waals surface area contributed by atoms with Crippen LogP contribution in [-0.4, -0.2) is 42.8 Å². The van der Waals surface area contributed by atoms with Gasteiger partial charge < -0.3 is 20.5 Å². The highest BCUT2D eigenvalue weighted by Gasteiger charge is 2.43. The third kappa shape index (κ3) is 4.77. The molecular weight excluding hydrogens is 408 g/mol. The molecule has 1 fully saturated rings. The van der Waals surface area contributed by atoms with E-state index in [1.54, 1.807) is 6.92 Å². The standard InChI is InChI=1S/C25H28N2O5/c1-15(23(28)27-13-16-12-21(16)24(29)30)10-11-26-25(31)32-14-22-19-8-4-2-6-17(19)18-7-3-5-9-20(18)22/h2-9,15-16,21-22H,10-14H2,1H3,(H,26,31)(H,27,28)(H,29,30)/t15?,16-,21-/m0/s1. The molecule has 0 radical (unpaired) electrons. The highest BCUT2D eigenvalue weighted by Crippen LogP contribution is 2.44. The van der Waals surface area contributed by atoms with Gasteiger partial charge in [-0.3, -0.25) is 9.59 Å². The highest BCUT2D eigenvalue weighted by molar-refractivity contribution is 5.80. The van der Waals surface area contributed by atoms with Crippen molar-refractivity contribution in [1.82, 2.24) is 10.6 Å². The quantitative estimate of drug-likeness (QED) is 0.559. The van der Waals surface area contributed by atoms with Gasteiger partial charge in [0, 0.05) is 24.9 Å². The number of carboxylic acids is 1. The summed E-state index contributed by atoms with van der Waals surface area (Å²) in [5.74, 6) is -1.51. The predicted molar refractivity (Wildman–Crippen MR) is 119 cm³/mol. The Labute approximate surface area is 187 Å². The van der Waals surface area contributed by atoms with E-state index in [0.717, 1.165) is 11.1 Å². The highest BCUT2D eigenvalue weighted by atomic mass is 16.5. The van der Waals surface area contributed by atoms with Gasteiger partial charge in [0.15, 0.2) is 0 Å². The zero-order valence-corrected chi connectivity index (χ0v) is 18.0. The molecule has 2 amide bonds. The number of carbonyl (C=O) groups excluding carboxylic acids is 2. The van der Waals surface area contributed by atoms with Crippen LogP contribution in [0, 0.1) is 17.8 Å². The van der Waals surface area contributed by atoms with Crippen LogP contribution in [0.4, 0.5) is 4.79 Å². The minimum Gasteiger partial charge on any atom is -0.481 e. The monoisotopic (exact) mass is 436 g/mol. The van der Waals surface area contributed by atoms with Crippen LogP contribution in [0.25, 0.3) is 11.1 Å². The van der Waals surface area contributed by atoms with Gasteiger partial charge in [-0.1, -0.05) is 55.5 Å². The molecule has 1 unspecified atom stereocenters. The van der Waals surface area contributed by atoms with Crippen molar-refractivity contribution in [3.8, 4) is 11.1 Å². The first-order valence-electron chi connectivity index (χ1n) is 11.0. The molecule has 2 aromatic rings. The number of benzene rings is 2. The van der Waals surface area contributed by atoms with Crippen molar-refractivity contribution in [3.63, 3.8) is 0 Å². The van der Waals surface area contributed by atoms with Gasteiger partial charge in [0.1, 0.15) is 6.61 Å². The van der Waals surface area contributed by atoms with E-state index in [2.05, 4.69) is 34.9 Å². The van der Waals surface area contributed by atoms with Crippen LogP contribution >= 0.6 is 0 Å². The fourth-order valence-corrected chi connectivity index (χ4v) is 4.35. The lowest BCUT2D eigenvalue weighted by Gasteiger charge is -2.15. The minimum absolute atomic E-state index is 0.00917. The molecule has 0 spiro atoms. The van der Waals surface area contributed by atoms with Crippen LogP contribution in [0.15, 0.2) is 48.5 Å². The van der Waals surface area contributed by atoms with Crippen LogP contribution < -0.4 is 10.6 Å². The van der Waals surface area contributed by atoms with E-state index in [0.29, 0.717) is 25.9 Å². The first-order chi connectivity index (χ1) is 15.5. The molecule has 168 valence electrons. The maximum absolute atomic E-state index is 12.2. The van der Waals surface area contributed by atoms with E-state index in [1.165, 1.54) is 11.1 Å². The molecule has 0 aromatic heterocycles. The maximum atomic E-state index is 12.2. The lowest BCUT2D eigenvalue weighted by atomic mass is 9.98. The zero-order valence-electron chi connectivity index (χ0n) is 18.0. The van der Waals surface area contributed by atoms with E-state index in [9.17, 15) is 14.4 Å². The summed E-state index contributed by atoms with van der Waals surface area (Å²) in [5, 5.41) is 14.4. The smallest absolute Gasteiger partial charge is 0.407 e. The van der Waals surface area contributed by atoms with Crippen molar-refractivity contribution in [1.29, 1.82) is 0 Å².